The van der Waals surface area contributed by atoms with Gasteiger partial charge in [-0.3, -0.25) is 14.7 Å². The third kappa shape index (κ3) is 9.04. The Bertz CT molecular complexity index is 1520. The lowest BCUT2D eigenvalue weighted by molar-refractivity contribution is -0.136. The van der Waals surface area contributed by atoms with Gasteiger partial charge in [0.05, 0.1) is 6.10 Å². The first-order valence-electron chi connectivity index (χ1n) is 16.7. The van der Waals surface area contributed by atoms with Crippen molar-refractivity contribution in [3.8, 4) is 17.0 Å². The highest BCUT2D eigenvalue weighted by Gasteiger charge is 2.32. The van der Waals surface area contributed by atoms with Gasteiger partial charge in [-0.15, -0.1) is 0 Å². The first kappa shape index (κ1) is 32.9. The van der Waals surface area contributed by atoms with Crippen LogP contribution >= 0.6 is 0 Å². The molecule has 8 nitrogen and oxygen atoms in total. The minimum absolute atomic E-state index is 0.135. The Morgan fingerprint density at radius 2 is 1.69 bits per heavy atom. The second kappa shape index (κ2) is 14.7. The molecule has 1 saturated heterocycles. The molecule has 242 valence electrons. The average Bonchev–Trinajstić information content (AvgIpc) is 3.38. The summed E-state index contributed by atoms with van der Waals surface area (Å²) in [5.41, 5.74) is 4.86. The number of rotatable bonds is 10. The predicted octanol–water partition coefficient (Wildman–Crippen LogP) is 7.34. The molecule has 1 aliphatic carbocycles. The largest absolute Gasteiger partial charge is 0.474 e. The fourth-order valence-electron chi connectivity index (χ4n) is 5.68. The Morgan fingerprint density at radius 3 is 2.38 bits per heavy atom. The summed E-state index contributed by atoms with van der Waals surface area (Å²) >= 11 is 0. The first-order valence-corrected chi connectivity index (χ1v) is 16.7. The van der Waals surface area contributed by atoms with E-state index in [-0.39, 0.29) is 18.1 Å². The highest BCUT2D eigenvalue weighted by Crippen LogP contribution is 2.31. The fourth-order valence-corrected chi connectivity index (χ4v) is 5.68. The maximum Gasteiger partial charge on any atom is 0.225 e. The van der Waals surface area contributed by atoms with Gasteiger partial charge in [0.15, 0.2) is 0 Å². The van der Waals surface area contributed by atoms with Crippen LogP contribution in [0.2, 0.25) is 0 Å². The molecule has 1 atom stereocenters. The molecule has 1 unspecified atom stereocenters. The highest BCUT2D eigenvalue weighted by atomic mass is 16.5. The van der Waals surface area contributed by atoms with Crippen molar-refractivity contribution in [2.45, 2.75) is 79.4 Å². The number of H-pyrrole nitrogens is 1. The molecule has 1 saturated carbocycles. The SMILES string of the molecule is CC(C)(C)C.CCC(C)C(=O)N1CCN(CCCOC2CC(Oc3ccc(-c4ccc5c(c4)[nH]c4ccncc45)cn3)C2)CC1. The third-order valence-corrected chi connectivity index (χ3v) is 8.50. The molecule has 0 spiro atoms. The molecule has 1 aromatic carbocycles. The number of aromatic amines is 1. The van der Waals surface area contributed by atoms with Gasteiger partial charge in [0, 0.05) is 110 Å². The van der Waals surface area contributed by atoms with Crippen LogP contribution in [0.25, 0.3) is 32.9 Å². The molecule has 8 heteroatoms. The molecular weight excluding hydrogens is 562 g/mol. The smallest absolute Gasteiger partial charge is 0.225 e. The lowest BCUT2D eigenvalue weighted by Gasteiger charge is -2.36. The Morgan fingerprint density at radius 1 is 0.956 bits per heavy atom. The van der Waals surface area contributed by atoms with Gasteiger partial charge in [-0.25, -0.2) is 4.98 Å². The van der Waals surface area contributed by atoms with E-state index in [0.29, 0.717) is 17.2 Å². The summed E-state index contributed by atoms with van der Waals surface area (Å²) in [4.78, 5) is 29.1. The number of benzene rings is 1. The van der Waals surface area contributed by atoms with Crippen LogP contribution in [0.5, 0.6) is 5.88 Å². The number of piperazine rings is 1. The number of amides is 1. The second-order valence-electron chi connectivity index (χ2n) is 14.2. The highest BCUT2D eigenvalue weighted by molar-refractivity contribution is 6.07. The van der Waals surface area contributed by atoms with Gasteiger partial charge in [0.25, 0.3) is 0 Å². The molecular formula is C37H51N5O3. The summed E-state index contributed by atoms with van der Waals surface area (Å²) in [6, 6.07) is 12.5. The molecule has 1 aliphatic heterocycles. The first-order chi connectivity index (χ1) is 21.6. The van der Waals surface area contributed by atoms with Gasteiger partial charge in [-0.2, -0.15) is 0 Å². The lowest BCUT2D eigenvalue weighted by Crippen LogP contribution is -2.50. The Balaban J connectivity index is 0.000000743. The van der Waals surface area contributed by atoms with E-state index in [1.54, 1.807) is 0 Å². The fraction of sp³-hybridized carbons (Fsp3) is 0.541. The number of carbonyl (C=O) groups is 1. The Hall–Kier alpha value is -3.49. The minimum Gasteiger partial charge on any atom is -0.474 e. The summed E-state index contributed by atoms with van der Waals surface area (Å²) < 4.78 is 12.2. The number of fused-ring (bicyclic) bond motifs is 3. The van der Waals surface area contributed by atoms with Gasteiger partial charge < -0.3 is 19.4 Å². The van der Waals surface area contributed by atoms with Crippen molar-refractivity contribution < 1.29 is 14.3 Å². The van der Waals surface area contributed by atoms with Crippen LogP contribution in [0.4, 0.5) is 0 Å². The topological polar surface area (TPSA) is 83.6 Å². The van der Waals surface area contributed by atoms with E-state index in [9.17, 15) is 4.79 Å². The molecule has 4 heterocycles. The van der Waals surface area contributed by atoms with E-state index in [1.807, 2.05) is 42.5 Å². The van der Waals surface area contributed by atoms with Crippen LogP contribution in [-0.4, -0.2) is 82.2 Å². The molecule has 0 radical (unpaired) electrons. The number of hydrogen-bond acceptors (Lipinski definition) is 6. The number of nitrogens with one attached hydrogen (secondary N) is 1. The van der Waals surface area contributed by atoms with Gasteiger partial charge in [-0.1, -0.05) is 53.7 Å². The Labute approximate surface area is 268 Å². The van der Waals surface area contributed by atoms with Crippen LogP contribution in [0.3, 0.4) is 0 Å². The van der Waals surface area contributed by atoms with E-state index in [1.165, 1.54) is 5.39 Å². The van der Waals surface area contributed by atoms with Gasteiger partial charge in [0.2, 0.25) is 11.8 Å². The molecule has 2 aliphatic rings. The van der Waals surface area contributed by atoms with Gasteiger partial charge >= 0.3 is 0 Å². The van der Waals surface area contributed by atoms with E-state index >= 15 is 0 Å². The van der Waals surface area contributed by atoms with Crippen molar-refractivity contribution >= 4 is 27.7 Å². The number of pyridine rings is 2. The quantitative estimate of drug-likeness (QED) is 0.189. The molecule has 45 heavy (non-hydrogen) atoms. The van der Waals surface area contributed by atoms with E-state index in [2.05, 4.69) is 78.7 Å². The molecule has 1 N–H and O–H groups in total. The standard InChI is InChI=1S/C32H39N5O3.C5H12/c1-3-22(2)32(38)37-14-12-36(13-15-37)11-4-16-39-25-18-26(19-25)40-31-8-6-24(20-34-31)23-5-7-27-28-21-33-10-9-29(28)35-30(27)17-23;1-5(2,3)4/h5-10,17,20-22,25-26,35H,3-4,11-16,18-19H2,1-2H3;1-4H3. The zero-order chi connectivity index (χ0) is 32.0. The molecule has 4 aromatic rings. The van der Waals surface area contributed by atoms with E-state index < -0.39 is 0 Å². The predicted molar refractivity (Wildman–Crippen MR) is 182 cm³/mol. The number of hydrogen-bond donors (Lipinski definition) is 1. The normalized spacial score (nSPS) is 19.6. The summed E-state index contributed by atoms with van der Waals surface area (Å²) in [6.07, 6.45) is 9.77. The number of nitrogens with zero attached hydrogens (tertiary/aromatic N) is 4. The van der Waals surface area contributed by atoms with Crippen molar-refractivity contribution in [1.82, 2.24) is 24.8 Å². The number of ether oxygens (including phenoxy) is 2. The maximum atomic E-state index is 12.4. The zero-order valence-corrected chi connectivity index (χ0v) is 28.0. The molecule has 3 aromatic heterocycles. The molecule has 0 bridgehead atoms. The van der Waals surface area contributed by atoms with Crippen molar-refractivity contribution in [3.63, 3.8) is 0 Å². The van der Waals surface area contributed by atoms with Crippen LogP contribution in [0.15, 0.2) is 55.0 Å². The number of aromatic nitrogens is 3. The van der Waals surface area contributed by atoms with Crippen LogP contribution in [-0.2, 0) is 9.53 Å². The van der Waals surface area contributed by atoms with E-state index in [4.69, 9.17) is 9.47 Å². The summed E-state index contributed by atoms with van der Waals surface area (Å²) in [5.74, 6) is 1.10. The van der Waals surface area contributed by atoms with Crippen molar-refractivity contribution in [1.29, 1.82) is 0 Å². The summed E-state index contributed by atoms with van der Waals surface area (Å²) in [6.45, 7) is 18.3. The minimum atomic E-state index is 0.135. The third-order valence-electron chi connectivity index (χ3n) is 8.50. The molecule has 6 rings (SSSR count). The van der Waals surface area contributed by atoms with Crippen LogP contribution < -0.4 is 4.74 Å². The maximum absolute atomic E-state index is 12.4. The summed E-state index contributed by atoms with van der Waals surface area (Å²) in [7, 11) is 0. The average molecular weight is 614 g/mol. The zero-order valence-electron chi connectivity index (χ0n) is 28.0. The summed E-state index contributed by atoms with van der Waals surface area (Å²) in [5, 5.41) is 2.31. The monoisotopic (exact) mass is 613 g/mol. The van der Waals surface area contributed by atoms with Gasteiger partial charge in [0.1, 0.15) is 6.10 Å². The van der Waals surface area contributed by atoms with Crippen LogP contribution in [0.1, 0.15) is 67.2 Å². The van der Waals surface area contributed by atoms with E-state index in [0.717, 1.165) is 92.6 Å². The second-order valence-corrected chi connectivity index (χ2v) is 14.2. The Kier molecular flexibility index (Phi) is 10.8. The van der Waals surface area contributed by atoms with Crippen molar-refractivity contribution in [3.05, 3.63) is 55.0 Å². The van der Waals surface area contributed by atoms with Crippen LogP contribution in [0, 0.1) is 11.3 Å². The molecule has 2 fully saturated rings. The number of carbonyl (C=O) groups excluding carboxylic acids is 1. The molecule has 1 amide bonds. The van der Waals surface area contributed by atoms with Crippen molar-refractivity contribution in [2.24, 2.45) is 11.3 Å². The van der Waals surface area contributed by atoms with Gasteiger partial charge in [-0.05, 0) is 42.0 Å². The lowest BCUT2D eigenvalue weighted by atomic mass is 9.92. The van der Waals surface area contributed by atoms with Crippen molar-refractivity contribution in [2.75, 3.05) is 39.3 Å².